The van der Waals surface area contributed by atoms with Crippen LogP contribution in [0.25, 0.3) is 10.9 Å². The van der Waals surface area contributed by atoms with Crippen molar-refractivity contribution in [1.29, 1.82) is 0 Å². The molecule has 1 aromatic heterocycles. The van der Waals surface area contributed by atoms with Crippen LogP contribution in [-0.4, -0.2) is 52.2 Å². The van der Waals surface area contributed by atoms with Crippen LogP contribution in [0, 0.1) is 11.8 Å². The lowest BCUT2D eigenvalue weighted by Gasteiger charge is -2.46. The number of benzene rings is 3. The highest BCUT2D eigenvalue weighted by Gasteiger charge is 2.67. The summed E-state index contributed by atoms with van der Waals surface area (Å²) < 4.78 is 0. The van der Waals surface area contributed by atoms with Gasteiger partial charge in [-0.25, -0.2) is 0 Å². The molecule has 1 aliphatic carbocycles. The van der Waals surface area contributed by atoms with Gasteiger partial charge in [0.15, 0.2) is 11.4 Å². The molecule has 1 amide bonds. The average molecular weight is 583 g/mol. The van der Waals surface area contributed by atoms with E-state index in [0.29, 0.717) is 25.6 Å². The zero-order valence-corrected chi connectivity index (χ0v) is 25.0. The van der Waals surface area contributed by atoms with Crippen LogP contribution < -0.4 is 5.32 Å². The lowest BCUT2D eigenvalue weighted by molar-refractivity contribution is -0.148. The Kier molecular flexibility index (Phi) is 6.65. The largest absolute Gasteiger partial charge is 0.357 e. The highest BCUT2D eigenvalue weighted by atomic mass is 16.2. The molecule has 2 fully saturated rings. The fraction of sp³-hybridized carbons (Fsp3) is 0.316. The van der Waals surface area contributed by atoms with E-state index in [2.05, 4.69) is 118 Å². The number of Topliss-reactive ketones (excluding diaryl/α,β-unsaturated/α-hetero) is 1. The number of hydrogen-bond acceptors (Lipinski definition) is 4. The monoisotopic (exact) mass is 582 g/mol. The van der Waals surface area contributed by atoms with Gasteiger partial charge < -0.3 is 9.88 Å². The van der Waals surface area contributed by atoms with Crippen LogP contribution >= 0.6 is 0 Å². The molecule has 0 radical (unpaired) electrons. The molecule has 222 valence electrons. The van der Waals surface area contributed by atoms with Crippen LogP contribution in [-0.2, 0) is 21.7 Å². The van der Waals surface area contributed by atoms with Gasteiger partial charge in [-0.3, -0.25) is 19.8 Å². The van der Waals surface area contributed by atoms with Crippen molar-refractivity contribution < 1.29 is 9.59 Å². The second kappa shape index (κ2) is 10.7. The summed E-state index contributed by atoms with van der Waals surface area (Å²) in [6.07, 6.45) is 9.85. The Bertz CT molecular complexity index is 1780. The number of rotatable bonds is 8. The molecule has 2 saturated heterocycles. The van der Waals surface area contributed by atoms with E-state index in [0.717, 1.165) is 28.6 Å². The molecule has 0 bridgehead atoms. The van der Waals surface area contributed by atoms with Crippen molar-refractivity contribution in [2.75, 3.05) is 19.6 Å². The van der Waals surface area contributed by atoms with Crippen molar-refractivity contribution in [3.63, 3.8) is 0 Å². The van der Waals surface area contributed by atoms with E-state index >= 15 is 0 Å². The molecule has 6 nitrogen and oxygen atoms in total. The minimum absolute atomic E-state index is 0.0692. The average Bonchev–Trinajstić information content (AvgIpc) is 3.67. The van der Waals surface area contributed by atoms with E-state index in [4.69, 9.17) is 0 Å². The highest BCUT2D eigenvalue weighted by Crippen LogP contribution is 2.56. The van der Waals surface area contributed by atoms with Crippen molar-refractivity contribution in [1.82, 2.24) is 20.1 Å². The van der Waals surface area contributed by atoms with Gasteiger partial charge in [-0.15, -0.1) is 0 Å². The van der Waals surface area contributed by atoms with Gasteiger partial charge in [0.25, 0.3) is 0 Å². The van der Waals surface area contributed by atoms with Crippen LogP contribution in [0.4, 0.5) is 0 Å². The number of piperazine rings is 1. The van der Waals surface area contributed by atoms with E-state index in [9.17, 15) is 9.59 Å². The summed E-state index contributed by atoms with van der Waals surface area (Å²) in [7, 11) is 0. The Labute approximate surface area is 258 Å². The quantitative estimate of drug-likeness (QED) is 0.273. The molecule has 4 unspecified atom stereocenters. The Balaban J connectivity index is 1.17. The van der Waals surface area contributed by atoms with E-state index in [1.165, 1.54) is 11.1 Å². The van der Waals surface area contributed by atoms with Crippen LogP contribution in [0.1, 0.15) is 47.7 Å². The highest BCUT2D eigenvalue weighted by molar-refractivity contribution is 6.04. The smallest absolute Gasteiger partial charge is 0.240 e. The third kappa shape index (κ3) is 4.15. The Morgan fingerprint density at radius 1 is 0.909 bits per heavy atom. The second-order valence-corrected chi connectivity index (χ2v) is 12.9. The van der Waals surface area contributed by atoms with Gasteiger partial charge in [-0.2, -0.15) is 0 Å². The van der Waals surface area contributed by atoms with Crippen LogP contribution in [0.3, 0.4) is 0 Å². The van der Waals surface area contributed by atoms with E-state index in [1.807, 2.05) is 18.2 Å². The molecular weight excluding hydrogens is 544 g/mol. The topological polar surface area (TPSA) is 68.4 Å². The van der Waals surface area contributed by atoms with Crippen molar-refractivity contribution in [2.24, 2.45) is 11.8 Å². The lowest BCUT2D eigenvalue weighted by Crippen LogP contribution is -2.62. The molecule has 2 N–H and O–H groups in total. The van der Waals surface area contributed by atoms with E-state index in [1.54, 1.807) is 0 Å². The van der Waals surface area contributed by atoms with Gasteiger partial charge in [-0.05, 0) is 35.4 Å². The molecule has 0 spiro atoms. The fourth-order valence-corrected chi connectivity index (χ4v) is 8.45. The minimum Gasteiger partial charge on any atom is -0.357 e. The summed E-state index contributed by atoms with van der Waals surface area (Å²) in [5.41, 5.74) is 4.58. The first-order valence-corrected chi connectivity index (χ1v) is 16.0. The standard InChI is InChI=1S/C38H38N4O2/c1-25-12-8-9-17-28(25)30(27-15-6-3-7-16-27)23-41-24-33-36-35(29-18-10-11-19-31(29)40-36)38(34(43)22-32(37(41)44)42(33)38)39-21-20-26-13-4-2-5-14-26/h2-19,25,28,30,32-33,39-40H,20-24H2,1H3/t25?,28?,30?,32-,33-,38?/m0/s1. The summed E-state index contributed by atoms with van der Waals surface area (Å²) >= 11 is 0. The van der Waals surface area contributed by atoms with Crippen LogP contribution in [0.5, 0.6) is 0 Å². The van der Waals surface area contributed by atoms with Crippen molar-refractivity contribution in [2.45, 2.75) is 43.4 Å². The second-order valence-electron chi connectivity index (χ2n) is 12.9. The maximum Gasteiger partial charge on any atom is 0.240 e. The van der Waals surface area contributed by atoms with Gasteiger partial charge in [0.2, 0.25) is 5.91 Å². The molecule has 4 heterocycles. The third-order valence-electron chi connectivity index (χ3n) is 10.5. The molecule has 6 heteroatoms. The number of amides is 1. The maximum absolute atomic E-state index is 14.4. The molecule has 3 aliphatic heterocycles. The Hall–Kier alpha value is -4.26. The number of nitrogens with zero attached hydrogens (tertiary/aromatic N) is 2. The first-order chi connectivity index (χ1) is 21.6. The summed E-state index contributed by atoms with van der Waals surface area (Å²) in [4.78, 5) is 36.8. The molecule has 6 atom stereocenters. The first-order valence-electron chi connectivity index (χ1n) is 16.0. The number of ketones is 1. The number of aromatic nitrogens is 1. The van der Waals surface area contributed by atoms with E-state index in [-0.39, 0.29) is 36.0 Å². The van der Waals surface area contributed by atoms with Crippen molar-refractivity contribution >= 4 is 22.6 Å². The van der Waals surface area contributed by atoms with Gasteiger partial charge in [0, 0.05) is 54.1 Å². The third-order valence-corrected chi connectivity index (χ3v) is 10.5. The summed E-state index contributed by atoms with van der Waals surface area (Å²) in [5.74, 6) is 0.956. The van der Waals surface area contributed by atoms with Gasteiger partial charge in [0.05, 0.1) is 12.1 Å². The van der Waals surface area contributed by atoms with Crippen molar-refractivity contribution in [3.8, 4) is 0 Å². The number of fused-ring (bicyclic) bond motifs is 5. The number of para-hydroxylation sites is 1. The number of H-pyrrole nitrogens is 1. The number of allylic oxidation sites excluding steroid dienone is 4. The van der Waals surface area contributed by atoms with Gasteiger partial charge in [0.1, 0.15) is 0 Å². The minimum atomic E-state index is -1.01. The van der Waals surface area contributed by atoms with Crippen LogP contribution in [0.2, 0.25) is 0 Å². The normalized spacial score (nSPS) is 28.1. The molecule has 4 aromatic rings. The summed E-state index contributed by atoms with van der Waals surface area (Å²) in [5, 5.41) is 4.81. The van der Waals surface area contributed by atoms with Gasteiger partial charge >= 0.3 is 0 Å². The van der Waals surface area contributed by atoms with Crippen LogP contribution in [0.15, 0.2) is 109 Å². The number of hydrogen-bond donors (Lipinski definition) is 2. The molecular formula is C38H38N4O2. The predicted octanol–water partition coefficient (Wildman–Crippen LogP) is 5.86. The Morgan fingerprint density at radius 3 is 2.43 bits per heavy atom. The molecule has 4 aliphatic rings. The summed E-state index contributed by atoms with van der Waals surface area (Å²) in [6.45, 7) is 4.07. The molecule has 8 rings (SSSR count). The van der Waals surface area contributed by atoms with Gasteiger partial charge in [-0.1, -0.05) is 110 Å². The molecule has 0 saturated carbocycles. The molecule has 44 heavy (non-hydrogen) atoms. The van der Waals surface area contributed by atoms with E-state index < -0.39 is 11.7 Å². The fourth-order valence-electron chi connectivity index (χ4n) is 8.45. The SMILES string of the molecule is CC1C=CC=CC1C(CN1C[C@H]2c3[nH]c4ccccc4c3C3(NCCc4ccccc4)C(=O)C[C@@H](C1=O)N23)c1ccccc1. The maximum atomic E-state index is 14.4. The van der Waals surface area contributed by atoms with Crippen molar-refractivity contribution in [3.05, 3.63) is 132 Å². The first kappa shape index (κ1) is 27.3. The Morgan fingerprint density at radius 2 is 1.64 bits per heavy atom. The zero-order chi connectivity index (χ0) is 29.8. The number of aromatic amines is 1. The molecule has 3 aromatic carbocycles. The predicted molar refractivity (Wildman–Crippen MR) is 173 cm³/mol. The number of carbonyl (C=O) groups is 2. The number of carbonyl (C=O) groups excluding carboxylic acids is 2. The number of nitrogens with one attached hydrogen (secondary N) is 2. The zero-order valence-electron chi connectivity index (χ0n) is 25.0. The lowest BCUT2D eigenvalue weighted by atomic mass is 9.76. The summed E-state index contributed by atoms with van der Waals surface area (Å²) in [6, 6.07) is 28.7.